The molecule has 3 aliphatic heterocycles. The first-order chi connectivity index (χ1) is 21.2. The van der Waals surface area contributed by atoms with Gasteiger partial charge < -0.3 is 19.8 Å². The van der Waals surface area contributed by atoms with Crippen LogP contribution in [-0.4, -0.2) is 74.4 Å². The second-order valence-electron chi connectivity index (χ2n) is 12.8. The van der Waals surface area contributed by atoms with Crippen molar-refractivity contribution in [3.8, 4) is 0 Å². The van der Waals surface area contributed by atoms with Crippen LogP contribution >= 0.6 is 11.8 Å². The van der Waals surface area contributed by atoms with E-state index in [0.29, 0.717) is 26.1 Å². The van der Waals surface area contributed by atoms with Crippen molar-refractivity contribution >= 4 is 35.2 Å². The van der Waals surface area contributed by atoms with Gasteiger partial charge in [0.2, 0.25) is 17.7 Å². The minimum Gasteiger partial charge on any atom is -0.394 e. The molecular weight excluding hydrogens is 570 g/mol. The Morgan fingerprint density at radius 3 is 2.27 bits per heavy atom. The number of amides is 3. The molecule has 3 aliphatic rings. The number of aliphatic hydroxyl groups excluding tert-OH is 1. The van der Waals surface area contributed by atoms with Crippen LogP contribution in [0.3, 0.4) is 0 Å². The van der Waals surface area contributed by atoms with E-state index in [1.165, 1.54) is 0 Å². The van der Waals surface area contributed by atoms with Gasteiger partial charge in [0.1, 0.15) is 6.04 Å². The lowest BCUT2D eigenvalue weighted by molar-refractivity contribution is -0.146. The van der Waals surface area contributed by atoms with Crippen molar-refractivity contribution < 1.29 is 19.5 Å². The van der Waals surface area contributed by atoms with Gasteiger partial charge in [-0.25, -0.2) is 0 Å². The van der Waals surface area contributed by atoms with Crippen LogP contribution in [0.15, 0.2) is 86.0 Å². The van der Waals surface area contributed by atoms with Gasteiger partial charge in [-0.05, 0) is 42.4 Å². The number of benzene rings is 2. The van der Waals surface area contributed by atoms with Gasteiger partial charge in [0, 0.05) is 30.6 Å². The highest BCUT2D eigenvalue weighted by Gasteiger charge is 2.77. The smallest absolute Gasteiger partial charge is 0.247 e. The SMILES string of the molecule is C=CCN(Cc1ccccc1)C(=O)C1N([C@@H](CO)CC(C)C)C(=O)[C@@H]2[C@@H](C(=O)N(CC=C)c3ccccc3)[C@H]3CC(C)C12S3. The fraction of sp³-hybridized carbons (Fsp3) is 0.472. The fourth-order valence-electron chi connectivity index (χ4n) is 7.84. The molecule has 0 saturated carbocycles. The number of fused-ring (bicyclic) bond motifs is 1. The maximum atomic E-state index is 14.9. The number of carbonyl (C=O) groups excluding carboxylic acids is 3. The Balaban J connectivity index is 1.60. The van der Waals surface area contributed by atoms with E-state index in [1.54, 1.807) is 38.6 Å². The third kappa shape index (κ3) is 5.51. The van der Waals surface area contributed by atoms with E-state index in [4.69, 9.17) is 0 Å². The van der Waals surface area contributed by atoms with E-state index in [0.717, 1.165) is 17.7 Å². The quantitative estimate of drug-likeness (QED) is 0.315. The molecule has 3 fully saturated rings. The van der Waals surface area contributed by atoms with Gasteiger partial charge in [-0.15, -0.1) is 24.9 Å². The molecule has 1 N–H and O–H groups in total. The summed E-state index contributed by atoms with van der Waals surface area (Å²) >= 11 is 1.67. The average Bonchev–Trinajstić information content (AvgIpc) is 3.62. The number of hydrogen-bond donors (Lipinski definition) is 1. The first-order valence-electron chi connectivity index (χ1n) is 15.7. The largest absolute Gasteiger partial charge is 0.394 e. The first kappa shape index (κ1) is 32.0. The highest BCUT2D eigenvalue weighted by atomic mass is 32.2. The fourth-order valence-corrected chi connectivity index (χ4v) is 10.2. The van der Waals surface area contributed by atoms with Gasteiger partial charge in [-0.2, -0.15) is 0 Å². The predicted octanol–water partition coefficient (Wildman–Crippen LogP) is 5.16. The molecule has 0 aromatic heterocycles. The van der Waals surface area contributed by atoms with Crippen molar-refractivity contribution in [2.45, 2.75) is 62.2 Å². The molecule has 1 spiro atoms. The summed E-state index contributed by atoms with van der Waals surface area (Å²) in [5, 5.41) is 10.6. The van der Waals surface area contributed by atoms with Crippen molar-refractivity contribution in [2.24, 2.45) is 23.7 Å². The molecule has 7 nitrogen and oxygen atoms in total. The zero-order valence-corrected chi connectivity index (χ0v) is 26.9. The highest BCUT2D eigenvalue weighted by molar-refractivity contribution is 8.02. The Labute approximate surface area is 266 Å². The summed E-state index contributed by atoms with van der Waals surface area (Å²) in [6.45, 7) is 14.8. The number of aliphatic hydroxyl groups is 1. The number of anilines is 1. The molecule has 3 unspecified atom stereocenters. The van der Waals surface area contributed by atoms with Gasteiger partial charge in [0.15, 0.2) is 0 Å². The predicted molar refractivity (Wildman–Crippen MR) is 177 cm³/mol. The second-order valence-corrected chi connectivity index (χ2v) is 14.4. The number of para-hydroxylation sites is 1. The summed E-state index contributed by atoms with van der Waals surface area (Å²) in [5.41, 5.74) is 1.75. The Kier molecular flexibility index (Phi) is 9.71. The summed E-state index contributed by atoms with van der Waals surface area (Å²) in [5.74, 6) is -1.46. The van der Waals surface area contributed by atoms with Crippen LogP contribution in [0.2, 0.25) is 0 Å². The molecule has 3 saturated heterocycles. The molecule has 5 rings (SSSR count). The third-order valence-corrected chi connectivity index (χ3v) is 11.6. The standard InChI is InChI=1S/C36H45N3O4S/c1-6-18-37(22-26-14-10-8-11-15-26)35(43)32-36-25(5)21-29(44-36)30(31(36)34(42)39(32)28(23-40)20-24(3)4)33(41)38(19-7-2)27-16-12-9-13-17-27/h6-17,24-25,28-32,40H,1-2,18-23H2,3-5H3/t25?,28-,29-,30+,31+,32?,36?/m1/s1. The molecule has 2 aromatic carbocycles. The Hall–Kier alpha value is -3.36. The zero-order chi connectivity index (χ0) is 31.6. The Morgan fingerprint density at radius 1 is 1.05 bits per heavy atom. The molecule has 8 heteroatoms. The van der Waals surface area contributed by atoms with Crippen LogP contribution in [0, 0.1) is 23.7 Å². The lowest BCUT2D eigenvalue weighted by Crippen LogP contribution is -2.59. The molecule has 2 bridgehead atoms. The van der Waals surface area contributed by atoms with Crippen molar-refractivity contribution in [3.05, 3.63) is 91.5 Å². The van der Waals surface area contributed by atoms with E-state index in [1.807, 2.05) is 60.7 Å². The second kappa shape index (κ2) is 13.3. The van der Waals surface area contributed by atoms with Crippen LogP contribution in [0.4, 0.5) is 5.69 Å². The number of carbonyl (C=O) groups is 3. The van der Waals surface area contributed by atoms with E-state index in [9.17, 15) is 19.5 Å². The molecule has 7 atom stereocenters. The molecule has 2 aromatic rings. The summed E-state index contributed by atoms with van der Waals surface area (Å²) in [6, 6.07) is 18.0. The Morgan fingerprint density at radius 2 is 1.68 bits per heavy atom. The maximum absolute atomic E-state index is 14.9. The molecule has 0 aliphatic carbocycles. The highest BCUT2D eigenvalue weighted by Crippen LogP contribution is 2.69. The molecule has 3 heterocycles. The number of rotatable bonds is 13. The molecule has 3 amide bonds. The molecule has 0 radical (unpaired) electrons. The average molecular weight is 616 g/mol. The van der Waals surface area contributed by atoms with Crippen LogP contribution in [0.5, 0.6) is 0 Å². The van der Waals surface area contributed by atoms with Gasteiger partial charge in [0.05, 0.1) is 29.2 Å². The summed E-state index contributed by atoms with van der Waals surface area (Å²) in [6.07, 6.45) is 4.73. The van der Waals surface area contributed by atoms with E-state index in [-0.39, 0.29) is 41.4 Å². The number of nitrogens with zero attached hydrogens (tertiary/aromatic N) is 3. The van der Waals surface area contributed by atoms with Crippen molar-refractivity contribution in [2.75, 3.05) is 24.6 Å². The van der Waals surface area contributed by atoms with Crippen LogP contribution in [0.25, 0.3) is 0 Å². The first-order valence-corrected chi connectivity index (χ1v) is 16.6. The third-order valence-electron chi connectivity index (χ3n) is 9.57. The van der Waals surface area contributed by atoms with Crippen molar-refractivity contribution in [1.29, 1.82) is 0 Å². The zero-order valence-electron chi connectivity index (χ0n) is 26.0. The van der Waals surface area contributed by atoms with E-state index in [2.05, 4.69) is 33.9 Å². The minimum absolute atomic E-state index is 0.0275. The normalized spacial score (nSPS) is 27.7. The number of hydrogen-bond acceptors (Lipinski definition) is 5. The van der Waals surface area contributed by atoms with Gasteiger partial charge in [0.25, 0.3) is 0 Å². The molecule has 44 heavy (non-hydrogen) atoms. The van der Waals surface area contributed by atoms with E-state index >= 15 is 0 Å². The summed E-state index contributed by atoms with van der Waals surface area (Å²) in [4.78, 5) is 49.4. The topological polar surface area (TPSA) is 81.2 Å². The maximum Gasteiger partial charge on any atom is 0.247 e. The lowest BCUT2D eigenvalue weighted by Gasteiger charge is -2.42. The number of thioether (sulfide) groups is 1. The van der Waals surface area contributed by atoms with E-state index < -0.39 is 28.7 Å². The summed E-state index contributed by atoms with van der Waals surface area (Å²) < 4.78 is -0.782. The lowest BCUT2D eigenvalue weighted by atomic mass is 9.65. The van der Waals surface area contributed by atoms with Crippen molar-refractivity contribution in [1.82, 2.24) is 9.80 Å². The van der Waals surface area contributed by atoms with Crippen molar-refractivity contribution in [3.63, 3.8) is 0 Å². The Bertz CT molecular complexity index is 1370. The number of likely N-dealkylation sites (tertiary alicyclic amines) is 1. The van der Waals surface area contributed by atoms with Crippen LogP contribution < -0.4 is 4.90 Å². The monoisotopic (exact) mass is 615 g/mol. The van der Waals surface area contributed by atoms with Crippen LogP contribution in [-0.2, 0) is 20.9 Å². The van der Waals surface area contributed by atoms with Crippen LogP contribution in [0.1, 0.15) is 39.2 Å². The minimum atomic E-state index is -0.799. The van der Waals surface area contributed by atoms with Gasteiger partial charge in [-0.1, -0.05) is 81.5 Å². The van der Waals surface area contributed by atoms with Gasteiger partial charge in [-0.3, -0.25) is 14.4 Å². The molecule has 234 valence electrons. The summed E-state index contributed by atoms with van der Waals surface area (Å²) in [7, 11) is 0. The van der Waals surface area contributed by atoms with Gasteiger partial charge >= 0.3 is 0 Å². The molecular formula is C36H45N3O4S.